The number of pyridine rings is 1. The molecule has 3 rings (SSSR count). The maximum atomic E-state index is 11.3. The molecule has 1 heterocycles. The van der Waals surface area contributed by atoms with Crippen molar-refractivity contribution in [2.45, 2.75) is 25.7 Å². The van der Waals surface area contributed by atoms with E-state index in [1.165, 1.54) is 35.4 Å². The van der Waals surface area contributed by atoms with Gasteiger partial charge in [-0.3, -0.25) is 9.59 Å². The van der Waals surface area contributed by atoms with Gasteiger partial charge in [-0.05, 0) is 42.4 Å². The predicted octanol–water partition coefficient (Wildman–Crippen LogP) is 3.59. The first kappa shape index (κ1) is 15.3. The van der Waals surface area contributed by atoms with E-state index in [1.807, 2.05) is 18.2 Å². The molecule has 0 atom stereocenters. The van der Waals surface area contributed by atoms with E-state index in [9.17, 15) is 9.59 Å². The highest BCUT2D eigenvalue weighted by atomic mass is 16.5. The number of rotatable bonds is 5. The molecule has 4 nitrogen and oxygen atoms in total. The van der Waals surface area contributed by atoms with Crippen molar-refractivity contribution in [1.82, 2.24) is 4.98 Å². The first-order valence-electron chi connectivity index (χ1n) is 7.85. The summed E-state index contributed by atoms with van der Waals surface area (Å²) in [5.74, 6) is 0.421. The van der Waals surface area contributed by atoms with Crippen LogP contribution in [0.1, 0.15) is 41.6 Å². The summed E-state index contributed by atoms with van der Waals surface area (Å²) in [6.45, 7) is 0.442. The summed E-state index contributed by atoms with van der Waals surface area (Å²) in [6.07, 6.45) is 6.50. The van der Waals surface area contributed by atoms with Gasteiger partial charge in [0.15, 0.2) is 6.29 Å². The normalized spacial score (nSPS) is 14.6. The Labute approximate surface area is 134 Å². The molecule has 4 heteroatoms. The lowest BCUT2D eigenvalue weighted by molar-refractivity contribution is 0.111. The molecule has 0 amide bonds. The Morgan fingerprint density at radius 1 is 1.13 bits per heavy atom. The van der Waals surface area contributed by atoms with Crippen LogP contribution in [-0.2, 0) is 0 Å². The van der Waals surface area contributed by atoms with Gasteiger partial charge in [0.25, 0.3) is 0 Å². The number of H-pyrrole nitrogens is 1. The van der Waals surface area contributed by atoms with Gasteiger partial charge in [0, 0.05) is 12.3 Å². The molecule has 1 N–H and O–H groups in total. The van der Waals surface area contributed by atoms with Crippen LogP contribution >= 0.6 is 0 Å². The number of carbonyl (C=O) groups excluding carboxylic acids is 1. The Morgan fingerprint density at radius 3 is 2.70 bits per heavy atom. The molecule has 1 aromatic carbocycles. The van der Waals surface area contributed by atoms with E-state index in [0.717, 1.165) is 19.3 Å². The van der Waals surface area contributed by atoms with Gasteiger partial charge >= 0.3 is 0 Å². The molecule has 0 unspecified atom stereocenters. The predicted molar refractivity (Wildman–Crippen MR) is 89.8 cm³/mol. The molecule has 1 aliphatic carbocycles. The van der Waals surface area contributed by atoms with Gasteiger partial charge in [0.05, 0.1) is 5.56 Å². The van der Waals surface area contributed by atoms with Gasteiger partial charge in [-0.15, -0.1) is 0 Å². The van der Waals surface area contributed by atoms with Gasteiger partial charge in [-0.2, -0.15) is 0 Å². The highest BCUT2D eigenvalue weighted by Crippen LogP contribution is 2.32. The molecule has 0 saturated heterocycles. The SMILES string of the molecule is O=Cc1cc(=O)[nH]cc1OCC1=C(c2ccccc2)CCCC1. The minimum Gasteiger partial charge on any atom is -0.487 e. The van der Waals surface area contributed by atoms with E-state index in [4.69, 9.17) is 4.74 Å². The van der Waals surface area contributed by atoms with Crippen LogP contribution in [0.15, 0.2) is 53.0 Å². The van der Waals surface area contributed by atoms with Crippen LogP contribution in [0, 0.1) is 0 Å². The van der Waals surface area contributed by atoms with Gasteiger partial charge in [-0.1, -0.05) is 30.3 Å². The molecule has 0 aliphatic heterocycles. The summed E-state index contributed by atoms with van der Waals surface area (Å²) in [5, 5.41) is 0. The van der Waals surface area contributed by atoms with Crippen LogP contribution in [-0.4, -0.2) is 17.9 Å². The molecule has 0 saturated carbocycles. The van der Waals surface area contributed by atoms with Crippen molar-refractivity contribution in [1.29, 1.82) is 0 Å². The van der Waals surface area contributed by atoms with Gasteiger partial charge in [-0.25, -0.2) is 0 Å². The summed E-state index contributed by atoms with van der Waals surface area (Å²) < 4.78 is 5.81. The van der Waals surface area contributed by atoms with Crippen molar-refractivity contribution in [3.8, 4) is 5.75 Å². The van der Waals surface area contributed by atoms with E-state index in [-0.39, 0.29) is 11.1 Å². The van der Waals surface area contributed by atoms with Crippen LogP contribution < -0.4 is 10.3 Å². The first-order chi connectivity index (χ1) is 11.3. The topological polar surface area (TPSA) is 59.2 Å². The Bertz CT molecular complexity index is 775. The van der Waals surface area contributed by atoms with Gasteiger partial charge < -0.3 is 9.72 Å². The third kappa shape index (κ3) is 3.59. The summed E-state index contributed by atoms with van der Waals surface area (Å²) >= 11 is 0. The van der Waals surface area contributed by atoms with Crippen molar-refractivity contribution in [2.24, 2.45) is 0 Å². The maximum absolute atomic E-state index is 11.3. The van der Waals surface area contributed by atoms with Crippen LogP contribution in [0.5, 0.6) is 5.75 Å². The summed E-state index contributed by atoms with van der Waals surface area (Å²) in [6, 6.07) is 11.6. The number of hydrogen-bond donors (Lipinski definition) is 1. The summed E-state index contributed by atoms with van der Waals surface area (Å²) in [4.78, 5) is 24.9. The van der Waals surface area contributed by atoms with Crippen LogP contribution in [0.2, 0.25) is 0 Å². The number of allylic oxidation sites excluding steroid dienone is 1. The Hall–Kier alpha value is -2.62. The monoisotopic (exact) mass is 309 g/mol. The van der Waals surface area contributed by atoms with E-state index >= 15 is 0 Å². The van der Waals surface area contributed by atoms with E-state index in [1.54, 1.807) is 0 Å². The number of nitrogens with one attached hydrogen (secondary N) is 1. The fourth-order valence-corrected chi connectivity index (χ4v) is 2.97. The average Bonchev–Trinajstić information content (AvgIpc) is 2.61. The Morgan fingerprint density at radius 2 is 1.91 bits per heavy atom. The molecular formula is C19H19NO3. The third-order valence-corrected chi connectivity index (χ3v) is 4.15. The zero-order valence-corrected chi connectivity index (χ0v) is 12.9. The number of carbonyl (C=O) groups is 1. The maximum Gasteiger partial charge on any atom is 0.248 e. The molecule has 0 spiro atoms. The fraction of sp³-hybridized carbons (Fsp3) is 0.263. The van der Waals surface area contributed by atoms with Crippen LogP contribution in [0.25, 0.3) is 5.57 Å². The standard InChI is InChI=1S/C19H19NO3/c21-12-16-10-19(22)20-11-18(16)23-13-15-8-4-5-9-17(15)14-6-2-1-3-7-14/h1-3,6-7,10-12H,4-5,8-9,13H2,(H,20,22). The number of aromatic nitrogens is 1. The van der Waals surface area contributed by atoms with Gasteiger partial charge in [0.1, 0.15) is 12.4 Å². The number of ether oxygens (including phenoxy) is 1. The molecule has 1 aromatic heterocycles. The van der Waals surface area contributed by atoms with Crippen molar-refractivity contribution >= 4 is 11.9 Å². The van der Waals surface area contributed by atoms with Crippen molar-refractivity contribution < 1.29 is 9.53 Å². The summed E-state index contributed by atoms with van der Waals surface area (Å²) in [7, 11) is 0. The third-order valence-electron chi connectivity index (χ3n) is 4.15. The second-order valence-electron chi connectivity index (χ2n) is 5.68. The zero-order chi connectivity index (χ0) is 16.1. The number of aromatic amines is 1. The number of hydrogen-bond acceptors (Lipinski definition) is 3. The Kier molecular flexibility index (Phi) is 4.71. The zero-order valence-electron chi connectivity index (χ0n) is 12.9. The molecule has 1 aliphatic rings. The van der Waals surface area contributed by atoms with Gasteiger partial charge in [0.2, 0.25) is 5.56 Å². The largest absolute Gasteiger partial charge is 0.487 e. The quantitative estimate of drug-likeness (QED) is 0.859. The second kappa shape index (κ2) is 7.09. The first-order valence-corrected chi connectivity index (χ1v) is 7.85. The smallest absolute Gasteiger partial charge is 0.248 e. The summed E-state index contributed by atoms with van der Waals surface area (Å²) in [5.41, 5.74) is 3.83. The van der Waals surface area contributed by atoms with Crippen molar-refractivity contribution in [3.05, 3.63) is 69.6 Å². The molecule has 2 aromatic rings. The van der Waals surface area contributed by atoms with Crippen LogP contribution in [0.3, 0.4) is 0 Å². The lowest BCUT2D eigenvalue weighted by Gasteiger charge is -2.21. The number of benzene rings is 1. The van der Waals surface area contributed by atoms with Crippen molar-refractivity contribution in [3.63, 3.8) is 0 Å². The molecule has 0 radical (unpaired) electrons. The molecule has 118 valence electrons. The lowest BCUT2D eigenvalue weighted by atomic mass is 9.88. The van der Waals surface area contributed by atoms with E-state index in [0.29, 0.717) is 18.6 Å². The minimum absolute atomic E-state index is 0.284. The molecule has 0 fully saturated rings. The highest BCUT2D eigenvalue weighted by molar-refractivity contribution is 5.78. The highest BCUT2D eigenvalue weighted by Gasteiger charge is 2.15. The van der Waals surface area contributed by atoms with E-state index in [2.05, 4.69) is 17.1 Å². The molecule has 0 bridgehead atoms. The minimum atomic E-state index is -0.304. The van der Waals surface area contributed by atoms with Crippen molar-refractivity contribution in [2.75, 3.05) is 6.61 Å². The van der Waals surface area contributed by atoms with E-state index < -0.39 is 0 Å². The molecule has 23 heavy (non-hydrogen) atoms. The fourth-order valence-electron chi connectivity index (χ4n) is 2.97. The lowest BCUT2D eigenvalue weighted by Crippen LogP contribution is -2.11. The number of aldehydes is 1. The van der Waals surface area contributed by atoms with Crippen LogP contribution in [0.4, 0.5) is 0 Å². The Balaban J connectivity index is 1.84. The second-order valence-corrected chi connectivity index (χ2v) is 5.68. The molecular weight excluding hydrogens is 290 g/mol. The average molecular weight is 309 g/mol.